The van der Waals surface area contributed by atoms with E-state index in [9.17, 15) is 24.0 Å². The lowest BCUT2D eigenvalue weighted by Gasteiger charge is -2.37. The van der Waals surface area contributed by atoms with Gasteiger partial charge < -0.3 is 34.8 Å². The number of nitrogens with zero attached hydrogens (tertiary/aromatic N) is 1. The van der Waals surface area contributed by atoms with Gasteiger partial charge in [-0.2, -0.15) is 0 Å². The Morgan fingerprint density at radius 2 is 1.31 bits per heavy atom. The van der Waals surface area contributed by atoms with Crippen LogP contribution >= 0.6 is 0 Å². The van der Waals surface area contributed by atoms with Crippen molar-refractivity contribution in [1.29, 1.82) is 0 Å². The zero-order chi connectivity index (χ0) is 43.7. The number of ether oxygens (including phenoxy) is 2. The van der Waals surface area contributed by atoms with Crippen LogP contribution in [0.2, 0.25) is 18.1 Å². The van der Waals surface area contributed by atoms with Crippen LogP contribution in [0.3, 0.4) is 0 Å². The van der Waals surface area contributed by atoms with E-state index in [-0.39, 0.29) is 37.2 Å². The first-order valence-electron chi connectivity index (χ1n) is 21.0. The van der Waals surface area contributed by atoms with Crippen molar-refractivity contribution >= 4 is 38.1 Å². The minimum atomic E-state index is -2.36. The van der Waals surface area contributed by atoms with Gasteiger partial charge in [0.1, 0.15) is 37.4 Å². The molecule has 0 bridgehead atoms. The molecule has 4 aromatic carbocycles. The lowest BCUT2D eigenvalue weighted by Crippen LogP contribution is -2.58. The monoisotopic (exact) mass is 846 g/mol. The first-order chi connectivity index (χ1) is 29.1. The molecule has 0 aromatic heterocycles. The highest BCUT2D eigenvalue weighted by Crippen LogP contribution is 2.44. The normalized spacial score (nSPS) is 16.4. The molecular weight excluding hydrogens is 789 g/mol. The molecule has 1 saturated heterocycles. The molecule has 3 N–H and O–H groups in total. The first kappa shape index (κ1) is 44.8. The van der Waals surface area contributed by atoms with Crippen molar-refractivity contribution in [2.24, 2.45) is 0 Å². The summed E-state index contributed by atoms with van der Waals surface area (Å²) >= 11 is 0. The van der Waals surface area contributed by atoms with Crippen LogP contribution in [0, 0.1) is 0 Å². The third-order valence-corrected chi connectivity index (χ3v) is 16.5. The van der Waals surface area contributed by atoms with E-state index >= 15 is 0 Å². The highest BCUT2D eigenvalue weighted by atomic mass is 28.4. The summed E-state index contributed by atoms with van der Waals surface area (Å²) in [7, 11) is -2.36. The Hall–Kier alpha value is -5.79. The van der Waals surface area contributed by atoms with E-state index in [1.165, 1.54) is 4.90 Å². The molecule has 13 heteroatoms. The fourth-order valence-corrected chi connectivity index (χ4v) is 8.55. The van der Waals surface area contributed by atoms with E-state index in [0.29, 0.717) is 19.4 Å². The second-order valence-electron chi connectivity index (χ2n) is 17.4. The molecule has 12 nitrogen and oxygen atoms in total. The smallest absolute Gasteiger partial charge is 0.407 e. The van der Waals surface area contributed by atoms with Gasteiger partial charge in [0.2, 0.25) is 17.7 Å². The number of hydrogen-bond acceptors (Lipinski definition) is 8. The summed E-state index contributed by atoms with van der Waals surface area (Å²) in [5.41, 5.74) is 5.93. The number of amides is 4. The zero-order valence-electron chi connectivity index (χ0n) is 35.9. The largest absolute Gasteiger partial charge is 0.459 e. The van der Waals surface area contributed by atoms with Crippen molar-refractivity contribution in [2.45, 2.75) is 102 Å². The highest BCUT2D eigenvalue weighted by Gasteiger charge is 2.41. The third-order valence-electron chi connectivity index (χ3n) is 12.0. The molecule has 0 unspecified atom stereocenters. The van der Waals surface area contributed by atoms with Crippen LogP contribution in [0.4, 0.5) is 4.79 Å². The van der Waals surface area contributed by atoms with Crippen molar-refractivity contribution in [2.75, 3.05) is 19.8 Å². The maximum absolute atomic E-state index is 14.2. The number of alkyl carbamates (subject to hydrolysis) is 1. The number of benzene rings is 4. The summed E-state index contributed by atoms with van der Waals surface area (Å²) in [6.07, 6.45) is 0.297. The molecule has 6 rings (SSSR count). The molecule has 1 aliphatic carbocycles. The SMILES string of the molecule is C[C@H](NC(=O)OCC1c2ccccc2-c2ccccc21)C(=O)N1CCC[C@H]1C(=O)N[C@@H](Cc1ccccc1)C(=O)N[C@H](CO[Si](C)(C)C(C)(C)C)C(=O)OCc1ccccc1. The molecule has 61 heavy (non-hydrogen) atoms. The first-order valence-corrected chi connectivity index (χ1v) is 23.9. The quantitative estimate of drug-likeness (QED) is 0.0816. The van der Waals surface area contributed by atoms with Crippen LogP contribution in [0.15, 0.2) is 109 Å². The molecule has 0 radical (unpaired) electrons. The molecule has 4 aromatic rings. The van der Waals surface area contributed by atoms with Gasteiger partial charge in [0.05, 0.1) is 6.61 Å². The van der Waals surface area contributed by atoms with Crippen molar-refractivity contribution in [1.82, 2.24) is 20.9 Å². The molecule has 1 fully saturated rings. The summed E-state index contributed by atoms with van der Waals surface area (Å²) in [4.78, 5) is 70.3. The van der Waals surface area contributed by atoms with Crippen molar-refractivity contribution in [3.63, 3.8) is 0 Å². The number of esters is 1. The second kappa shape index (κ2) is 19.7. The minimum absolute atomic E-state index is 0.0104. The summed E-state index contributed by atoms with van der Waals surface area (Å²) in [6, 6.07) is 30.4. The van der Waals surface area contributed by atoms with Gasteiger partial charge in [-0.15, -0.1) is 0 Å². The van der Waals surface area contributed by atoms with Crippen molar-refractivity contribution < 1.29 is 37.9 Å². The van der Waals surface area contributed by atoms with E-state index in [4.69, 9.17) is 13.9 Å². The van der Waals surface area contributed by atoms with E-state index < -0.39 is 62.3 Å². The Bertz CT molecular complexity index is 2130. The molecular formula is C48H58N4O8Si. The van der Waals surface area contributed by atoms with Crippen LogP contribution in [-0.4, -0.2) is 86.9 Å². The predicted molar refractivity (Wildman–Crippen MR) is 236 cm³/mol. The van der Waals surface area contributed by atoms with Gasteiger partial charge in [0, 0.05) is 18.9 Å². The number of likely N-dealkylation sites (tertiary alicyclic amines) is 1. The Morgan fingerprint density at radius 3 is 1.92 bits per heavy atom. The van der Waals surface area contributed by atoms with E-state index in [0.717, 1.165) is 33.4 Å². The molecule has 4 atom stereocenters. The summed E-state index contributed by atoms with van der Waals surface area (Å²) in [5, 5.41) is 8.24. The van der Waals surface area contributed by atoms with Crippen molar-refractivity contribution in [3.8, 4) is 11.1 Å². The third kappa shape index (κ3) is 11.1. The summed E-state index contributed by atoms with van der Waals surface area (Å²) < 4.78 is 17.8. The topological polar surface area (TPSA) is 152 Å². The van der Waals surface area contributed by atoms with Crippen molar-refractivity contribution in [3.05, 3.63) is 131 Å². The Labute approximate surface area is 359 Å². The maximum Gasteiger partial charge on any atom is 0.407 e. The number of carbonyl (C=O) groups excluding carboxylic acids is 5. The highest BCUT2D eigenvalue weighted by molar-refractivity contribution is 6.74. The van der Waals surface area contributed by atoms with Gasteiger partial charge in [-0.3, -0.25) is 14.4 Å². The lowest BCUT2D eigenvalue weighted by atomic mass is 9.98. The summed E-state index contributed by atoms with van der Waals surface area (Å²) in [5.74, 6) is -2.36. The molecule has 1 aliphatic heterocycles. The average Bonchev–Trinajstić information content (AvgIpc) is 3.87. The Balaban J connectivity index is 1.11. The molecule has 1 heterocycles. The van der Waals surface area contributed by atoms with Gasteiger partial charge in [-0.25, -0.2) is 9.59 Å². The number of fused-ring (bicyclic) bond motifs is 3. The van der Waals surface area contributed by atoms with Gasteiger partial charge in [-0.05, 0) is 71.3 Å². The van der Waals surface area contributed by atoms with Gasteiger partial charge >= 0.3 is 12.1 Å². The second-order valence-corrected chi connectivity index (χ2v) is 22.2. The van der Waals surface area contributed by atoms with Gasteiger partial charge in [0.15, 0.2) is 8.32 Å². The van der Waals surface area contributed by atoms with Crippen LogP contribution in [0.5, 0.6) is 0 Å². The number of carbonyl (C=O) groups is 5. The van der Waals surface area contributed by atoms with E-state index in [1.807, 2.05) is 97.1 Å². The fraction of sp³-hybridized carbons (Fsp3) is 0.396. The number of rotatable bonds is 16. The predicted octanol–water partition coefficient (Wildman–Crippen LogP) is 6.88. The van der Waals surface area contributed by atoms with Crippen LogP contribution in [-0.2, 0) is 46.1 Å². The molecule has 0 saturated carbocycles. The number of nitrogens with one attached hydrogen (secondary N) is 3. The molecule has 0 spiro atoms. The number of hydrogen-bond donors (Lipinski definition) is 3. The van der Waals surface area contributed by atoms with E-state index in [1.54, 1.807) is 6.92 Å². The standard InChI is InChI=1S/C48H58N4O8Si/c1-32(49-47(57)59-30-39-37-24-15-13-22-35(37)36-23-14-16-25-38(36)39)45(55)52-27-17-26-42(52)44(54)50-40(28-33-18-9-7-10-19-33)43(53)51-41(31-60-61(5,6)48(2,3)4)46(56)58-29-34-20-11-8-12-21-34/h7-16,18-25,32,39-42H,17,26-31H2,1-6H3,(H,49,57)(H,50,54)(H,51,53)/t32-,40-,41+,42-/m0/s1. The molecule has 322 valence electrons. The van der Waals surface area contributed by atoms with Gasteiger partial charge in [0.25, 0.3) is 0 Å². The van der Waals surface area contributed by atoms with E-state index in [2.05, 4.69) is 61.9 Å². The maximum atomic E-state index is 14.2. The Morgan fingerprint density at radius 1 is 0.738 bits per heavy atom. The van der Waals surface area contributed by atoms with Crippen LogP contribution in [0.25, 0.3) is 11.1 Å². The van der Waals surface area contributed by atoms with Crippen LogP contribution in [0.1, 0.15) is 68.7 Å². The summed E-state index contributed by atoms with van der Waals surface area (Å²) in [6.45, 7) is 12.2. The minimum Gasteiger partial charge on any atom is -0.459 e. The molecule has 4 amide bonds. The zero-order valence-corrected chi connectivity index (χ0v) is 36.9. The lowest BCUT2D eigenvalue weighted by molar-refractivity contribution is -0.150. The van der Waals surface area contributed by atoms with Gasteiger partial charge in [-0.1, -0.05) is 130 Å². The Kier molecular flexibility index (Phi) is 14.5. The average molecular weight is 847 g/mol. The fourth-order valence-electron chi connectivity index (χ4n) is 7.54. The van der Waals surface area contributed by atoms with Crippen LogP contribution < -0.4 is 16.0 Å². The molecule has 2 aliphatic rings.